The van der Waals surface area contributed by atoms with E-state index in [9.17, 15) is 4.79 Å². The van der Waals surface area contributed by atoms with E-state index in [2.05, 4.69) is 24.5 Å². The molecular formula is C11H22N2O2. The first-order valence-corrected chi connectivity index (χ1v) is 5.86. The van der Waals surface area contributed by atoms with Gasteiger partial charge < -0.3 is 15.4 Å². The van der Waals surface area contributed by atoms with Crippen LogP contribution >= 0.6 is 0 Å². The molecule has 0 aromatic carbocycles. The van der Waals surface area contributed by atoms with Crippen molar-refractivity contribution in [2.75, 3.05) is 19.7 Å². The topological polar surface area (TPSA) is 50.4 Å². The van der Waals surface area contributed by atoms with Crippen LogP contribution in [0.15, 0.2) is 0 Å². The van der Waals surface area contributed by atoms with E-state index in [1.54, 1.807) is 0 Å². The summed E-state index contributed by atoms with van der Waals surface area (Å²) >= 11 is 0. The highest BCUT2D eigenvalue weighted by Crippen LogP contribution is 2.09. The van der Waals surface area contributed by atoms with E-state index in [0.29, 0.717) is 12.5 Å². The highest BCUT2D eigenvalue weighted by molar-refractivity contribution is 5.67. The Balaban J connectivity index is 2.13. The largest absolute Gasteiger partial charge is 0.450 e. The first-order chi connectivity index (χ1) is 7.22. The van der Waals surface area contributed by atoms with Crippen molar-refractivity contribution in [2.45, 2.75) is 39.2 Å². The molecule has 4 nitrogen and oxygen atoms in total. The number of carbonyl (C=O) groups excluding carboxylic acids is 1. The van der Waals surface area contributed by atoms with Crippen molar-refractivity contribution in [2.24, 2.45) is 5.92 Å². The quantitative estimate of drug-likeness (QED) is 0.697. The van der Waals surface area contributed by atoms with Crippen LogP contribution in [0, 0.1) is 5.92 Å². The lowest BCUT2D eigenvalue weighted by molar-refractivity contribution is 0.137. The van der Waals surface area contributed by atoms with Gasteiger partial charge in [-0.1, -0.05) is 20.3 Å². The molecule has 0 radical (unpaired) electrons. The molecular weight excluding hydrogens is 192 g/mol. The minimum Gasteiger partial charge on any atom is -0.450 e. The molecule has 2 N–H and O–H groups in total. The Morgan fingerprint density at radius 1 is 1.53 bits per heavy atom. The number of carbonyl (C=O) groups is 1. The molecule has 4 heteroatoms. The fraction of sp³-hybridized carbons (Fsp3) is 0.909. The first-order valence-electron chi connectivity index (χ1n) is 5.86. The number of hydrogen-bond acceptors (Lipinski definition) is 3. The SMILES string of the molecule is CCCCOC(=O)NC1CNCC(C)C1. The molecule has 1 heterocycles. The Hall–Kier alpha value is -0.770. The standard InChI is InChI=1S/C11H22N2O2/c1-3-4-5-15-11(14)13-10-6-9(2)7-12-8-10/h9-10,12H,3-8H2,1-2H3,(H,13,14). The summed E-state index contributed by atoms with van der Waals surface area (Å²) in [6, 6.07) is 0.225. The van der Waals surface area contributed by atoms with Crippen LogP contribution in [0.25, 0.3) is 0 Å². The van der Waals surface area contributed by atoms with E-state index in [1.807, 2.05) is 0 Å². The number of rotatable bonds is 4. The molecule has 0 saturated carbocycles. The molecule has 1 fully saturated rings. The zero-order valence-electron chi connectivity index (χ0n) is 9.71. The average molecular weight is 214 g/mol. The summed E-state index contributed by atoms with van der Waals surface area (Å²) in [4.78, 5) is 11.3. The second-order valence-corrected chi connectivity index (χ2v) is 4.33. The number of nitrogens with one attached hydrogen (secondary N) is 2. The fourth-order valence-corrected chi connectivity index (χ4v) is 1.78. The Labute approximate surface area is 91.8 Å². The van der Waals surface area contributed by atoms with Gasteiger partial charge in [0.15, 0.2) is 0 Å². The van der Waals surface area contributed by atoms with Crippen LogP contribution in [-0.4, -0.2) is 31.8 Å². The van der Waals surface area contributed by atoms with Crippen molar-refractivity contribution in [3.8, 4) is 0 Å². The van der Waals surface area contributed by atoms with Crippen LogP contribution in [-0.2, 0) is 4.74 Å². The molecule has 0 aromatic rings. The van der Waals surface area contributed by atoms with Gasteiger partial charge >= 0.3 is 6.09 Å². The van der Waals surface area contributed by atoms with Gasteiger partial charge in [0, 0.05) is 12.6 Å². The number of hydrogen-bond donors (Lipinski definition) is 2. The molecule has 88 valence electrons. The molecule has 1 aliphatic rings. The van der Waals surface area contributed by atoms with Gasteiger partial charge in [0.05, 0.1) is 6.61 Å². The highest BCUT2D eigenvalue weighted by atomic mass is 16.5. The van der Waals surface area contributed by atoms with Crippen molar-refractivity contribution in [3.63, 3.8) is 0 Å². The molecule has 15 heavy (non-hydrogen) atoms. The summed E-state index contributed by atoms with van der Waals surface area (Å²) in [5.74, 6) is 0.625. The number of unbranched alkanes of at least 4 members (excludes halogenated alkanes) is 1. The molecule has 2 atom stereocenters. The Bertz CT molecular complexity index is 197. The number of amides is 1. The van der Waals surface area contributed by atoms with Crippen LogP contribution < -0.4 is 10.6 Å². The normalized spacial score (nSPS) is 26.0. The third-order valence-corrected chi connectivity index (χ3v) is 2.62. The number of ether oxygens (including phenoxy) is 1. The molecule has 1 amide bonds. The third-order valence-electron chi connectivity index (χ3n) is 2.62. The van der Waals surface area contributed by atoms with Crippen molar-refractivity contribution in [3.05, 3.63) is 0 Å². The monoisotopic (exact) mass is 214 g/mol. The lowest BCUT2D eigenvalue weighted by atomic mass is 9.98. The Morgan fingerprint density at radius 2 is 2.33 bits per heavy atom. The van der Waals surface area contributed by atoms with Crippen molar-refractivity contribution in [1.29, 1.82) is 0 Å². The zero-order chi connectivity index (χ0) is 11.1. The van der Waals surface area contributed by atoms with Gasteiger partial charge in [-0.3, -0.25) is 0 Å². The second-order valence-electron chi connectivity index (χ2n) is 4.33. The van der Waals surface area contributed by atoms with Crippen molar-refractivity contribution in [1.82, 2.24) is 10.6 Å². The van der Waals surface area contributed by atoms with Gasteiger partial charge in [0.1, 0.15) is 0 Å². The van der Waals surface area contributed by atoms with Gasteiger partial charge in [0.2, 0.25) is 0 Å². The third kappa shape index (κ3) is 5.02. The summed E-state index contributed by atoms with van der Waals surface area (Å²) < 4.78 is 5.04. The molecule has 1 aliphatic heterocycles. The Kier molecular flexibility index (Phi) is 5.47. The van der Waals surface area contributed by atoms with Gasteiger partial charge in [-0.25, -0.2) is 4.79 Å². The average Bonchev–Trinajstić information content (AvgIpc) is 2.18. The van der Waals surface area contributed by atoms with Crippen LogP contribution in [0.4, 0.5) is 4.79 Å². The van der Waals surface area contributed by atoms with Crippen LogP contribution in [0.2, 0.25) is 0 Å². The summed E-state index contributed by atoms with van der Waals surface area (Å²) in [5, 5.41) is 6.17. The highest BCUT2D eigenvalue weighted by Gasteiger charge is 2.20. The van der Waals surface area contributed by atoms with Gasteiger partial charge in [-0.05, 0) is 25.3 Å². The van der Waals surface area contributed by atoms with Crippen LogP contribution in [0.3, 0.4) is 0 Å². The summed E-state index contributed by atoms with van der Waals surface area (Å²) in [7, 11) is 0. The van der Waals surface area contributed by atoms with Crippen molar-refractivity contribution >= 4 is 6.09 Å². The molecule has 1 saturated heterocycles. The van der Waals surface area contributed by atoms with E-state index in [-0.39, 0.29) is 12.1 Å². The summed E-state index contributed by atoms with van der Waals surface area (Å²) in [6.07, 6.45) is 2.75. The second kappa shape index (κ2) is 6.67. The predicted molar refractivity (Wildman–Crippen MR) is 59.8 cm³/mol. The zero-order valence-corrected chi connectivity index (χ0v) is 9.71. The molecule has 1 rings (SSSR count). The molecule has 0 bridgehead atoms. The van der Waals surface area contributed by atoms with Gasteiger partial charge in [-0.15, -0.1) is 0 Å². The predicted octanol–water partition coefficient (Wildman–Crippen LogP) is 1.51. The van der Waals surface area contributed by atoms with E-state index < -0.39 is 0 Å². The van der Waals surface area contributed by atoms with E-state index in [0.717, 1.165) is 32.4 Å². The maximum Gasteiger partial charge on any atom is 0.407 e. The molecule has 0 aromatic heterocycles. The minimum atomic E-state index is -0.274. The van der Waals surface area contributed by atoms with Crippen LogP contribution in [0.1, 0.15) is 33.1 Å². The maximum atomic E-state index is 11.3. The summed E-state index contributed by atoms with van der Waals surface area (Å²) in [5.41, 5.74) is 0. The van der Waals surface area contributed by atoms with E-state index >= 15 is 0 Å². The number of piperidine rings is 1. The Morgan fingerprint density at radius 3 is 3.00 bits per heavy atom. The lowest BCUT2D eigenvalue weighted by Crippen LogP contribution is -2.48. The molecule has 2 unspecified atom stereocenters. The smallest absolute Gasteiger partial charge is 0.407 e. The van der Waals surface area contributed by atoms with Crippen LogP contribution in [0.5, 0.6) is 0 Å². The maximum absolute atomic E-state index is 11.3. The minimum absolute atomic E-state index is 0.225. The van der Waals surface area contributed by atoms with Gasteiger partial charge in [-0.2, -0.15) is 0 Å². The fourth-order valence-electron chi connectivity index (χ4n) is 1.78. The number of alkyl carbamates (subject to hydrolysis) is 1. The lowest BCUT2D eigenvalue weighted by Gasteiger charge is -2.28. The van der Waals surface area contributed by atoms with E-state index in [1.165, 1.54) is 0 Å². The van der Waals surface area contributed by atoms with Crippen molar-refractivity contribution < 1.29 is 9.53 Å². The molecule has 0 aliphatic carbocycles. The van der Waals surface area contributed by atoms with Gasteiger partial charge in [0.25, 0.3) is 0 Å². The first kappa shape index (κ1) is 12.3. The summed E-state index contributed by atoms with van der Waals surface area (Å²) in [6.45, 7) is 6.69. The van der Waals surface area contributed by atoms with E-state index in [4.69, 9.17) is 4.74 Å². The molecule has 0 spiro atoms.